The van der Waals surface area contributed by atoms with E-state index in [1.54, 1.807) is 0 Å². The number of hydrogen-bond acceptors (Lipinski definition) is 3. The normalized spacial score (nSPS) is 15.2. The second-order valence-electron chi connectivity index (χ2n) is 3.55. The molecule has 0 atom stereocenters. The third-order valence-electron chi connectivity index (χ3n) is 2.51. The summed E-state index contributed by atoms with van der Waals surface area (Å²) in [5, 5.41) is 3.20. The Hall–Kier alpha value is -0.190. The van der Waals surface area contributed by atoms with E-state index in [9.17, 15) is 0 Å². The van der Waals surface area contributed by atoms with E-state index in [0.717, 1.165) is 19.6 Å². The van der Waals surface area contributed by atoms with E-state index in [1.165, 1.54) is 20.8 Å². The van der Waals surface area contributed by atoms with Crippen LogP contribution in [0.4, 0.5) is 5.69 Å². The molecule has 2 nitrogen and oxygen atoms in total. The van der Waals surface area contributed by atoms with Crippen LogP contribution in [0.25, 0.3) is 0 Å². The molecule has 1 aromatic carbocycles. The molecule has 0 amide bonds. The molecule has 82 valence electrons. The topological polar surface area (TPSA) is 15.3 Å². The molecule has 1 N–H and O–H groups in total. The maximum absolute atomic E-state index is 3.53. The second-order valence-corrected chi connectivity index (χ2v) is 5.60. The number of anilines is 1. The number of benzene rings is 1. The first-order valence-electron chi connectivity index (χ1n) is 5.13. The molecule has 0 aliphatic carbocycles. The number of halogens is 1. The minimum absolute atomic E-state index is 1.04. The van der Waals surface area contributed by atoms with Gasteiger partial charge in [0, 0.05) is 34.8 Å². The highest BCUT2D eigenvalue weighted by molar-refractivity contribution is 9.10. The van der Waals surface area contributed by atoms with E-state index in [2.05, 4.69) is 44.3 Å². The van der Waals surface area contributed by atoms with Gasteiger partial charge in [-0.25, -0.2) is 0 Å². The molecular weight excluding hydrogens is 272 g/mol. The van der Waals surface area contributed by atoms with Gasteiger partial charge in [0.2, 0.25) is 0 Å². The van der Waals surface area contributed by atoms with Crippen molar-refractivity contribution in [2.75, 3.05) is 37.3 Å². The molecule has 0 aromatic heterocycles. The minimum Gasteiger partial charge on any atom is -0.368 e. The van der Waals surface area contributed by atoms with Crippen molar-refractivity contribution in [2.24, 2.45) is 0 Å². The van der Waals surface area contributed by atoms with Gasteiger partial charge in [0.1, 0.15) is 0 Å². The molecule has 2 rings (SSSR count). The quantitative estimate of drug-likeness (QED) is 0.920. The van der Waals surface area contributed by atoms with Crippen LogP contribution in [-0.4, -0.2) is 32.4 Å². The Bertz CT molecular complexity index is 343. The molecule has 1 aliphatic rings. The standard InChI is InChI=1S/C11H15BrN2S/c1-13-4-5-14-6-7-15-11-3-2-9(12)8-10(11)14/h2-3,8,13H,4-7H2,1H3. The third kappa shape index (κ3) is 2.68. The highest BCUT2D eigenvalue weighted by Crippen LogP contribution is 2.36. The first-order chi connectivity index (χ1) is 7.31. The molecule has 0 fully saturated rings. The maximum atomic E-state index is 3.53. The summed E-state index contributed by atoms with van der Waals surface area (Å²) in [6.07, 6.45) is 0. The highest BCUT2D eigenvalue weighted by atomic mass is 79.9. The van der Waals surface area contributed by atoms with Crippen LogP contribution >= 0.6 is 27.7 Å². The number of nitrogens with one attached hydrogen (secondary N) is 1. The summed E-state index contributed by atoms with van der Waals surface area (Å²) in [7, 11) is 2.00. The van der Waals surface area contributed by atoms with Crippen molar-refractivity contribution in [1.82, 2.24) is 5.32 Å². The molecule has 1 aliphatic heterocycles. The van der Waals surface area contributed by atoms with E-state index in [0.29, 0.717) is 0 Å². The van der Waals surface area contributed by atoms with Gasteiger partial charge in [0.05, 0.1) is 5.69 Å². The average molecular weight is 287 g/mol. The lowest BCUT2D eigenvalue weighted by molar-refractivity contribution is 0.731. The van der Waals surface area contributed by atoms with Gasteiger partial charge in [-0.3, -0.25) is 0 Å². The van der Waals surface area contributed by atoms with Crippen LogP contribution < -0.4 is 10.2 Å². The summed E-state index contributed by atoms with van der Waals surface area (Å²) in [5.74, 6) is 1.19. The zero-order valence-electron chi connectivity index (χ0n) is 8.79. The van der Waals surface area contributed by atoms with Gasteiger partial charge < -0.3 is 10.2 Å². The third-order valence-corrected chi connectivity index (χ3v) is 4.05. The summed E-state index contributed by atoms with van der Waals surface area (Å²) in [5.41, 5.74) is 1.37. The van der Waals surface area contributed by atoms with Crippen LogP contribution in [0.15, 0.2) is 27.6 Å². The lowest BCUT2D eigenvalue weighted by Crippen LogP contribution is -2.34. The Kier molecular flexibility index (Phi) is 3.94. The van der Waals surface area contributed by atoms with Crippen molar-refractivity contribution in [2.45, 2.75) is 4.90 Å². The van der Waals surface area contributed by atoms with Crippen LogP contribution in [0, 0.1) is 0 Å². The lowest BCUT2D eigenvalue weighted by Gasteiger charge is -2.30. The Labute approximate surface area is 104 Å². The molecule has 0 bridgehead atoms. The number of fused-ring (bicyclic) bond motifs is 1. The average Bonchev–Trinajstić information content (AvgIpc) is 2.26. The molecule has 1 aromatic rings. The molecular formula is C11H15BrN2S. The molecule has 0 radical (unpaired) electrons. The molecule has 0 spiro atoms. The van der Waals surface area contributed by atoms with Gasteiger partial charge in [0.25, 0.3) is 0 Å². The van der Waals surface area contributed by atoms with Gasteiger partial charge in [0.15, 0.2) is 0 Å². The van der Waals surface area contributed by atoms with Crippen molar-refractivity contribution in [3.05, 3.63) is 22.7 Å². The van der Waals surface area contributed by atoms with Crippen LogP contribution in [0.1, 0.15) is 0 Å². The van der Waals surface area contributed by atoms with Crippen molar-refractivity contribution < 1.29 is 0 Å². The summed E-state index contributed by atoms with van der Waals surface area (Å²) >= 11 is 5.49. The van der Waals surface area contributed by atoms with E-state index in [-0.39, 0.29) is 0 Å². The second kappa shape index (κ2) is 5.23. The van der Waals surface area contributed by atoms with Gasteiger partial charge >= 0.3 is 0 Å². The van der Waals surface area contributed by atoms with E-state index in [4.69, 9.17) is 0 Å². The SMILES string of the molecule is CNCCN1CCSc2ccc(Br)cc21. The van der Waals surface area contributed by atoms with Crippen molar-refractivity contribution >= 4 is 33.4 Å². The van der Waals surface area contributed by atoms with E-state index >= 15 is 0 Å². The Morgan fingerprint density at radius 3 is 3.20 bits per heavy atom. The van der Waals surface area contributed by atoms with E-state index in [1.807, 2.05) is 18.8 Å². The van der Waals surface area contributed by atoms with Crippen molar-refractivity contribution in [3.8, 4) is 0 Å². The molecule has 0 unspecified atom stereocenters. The number of hydrogen-bond donors (Lipinski definition) is 1. The smallest absolute Gasteiger partial charge is 0.0516 e. The Balaban J connectivity index is 2.20. The fourth-order valence-corrected chi connectivity index (χ4v) is 3.11. The monoisotopic (exact) mass is 286 g/mol. The number of nitrogens with zero attached hydrogens (tertiary/aromatic N) is 1. The zero-order chi connectivity index (χ0) is 10.7. The Morgan fingerprint density at radius 2 is 2.40 bits per heavy atom. The number of likely N-dealkylation sites (N-methyl/N-ethyl adjacent to an activating group) is 1. The molecule has 15 heavy (non-hydrogen) atoms. The Morgan fingerprint density at radius 1 is 1.53 bits per heavy atom. The van der Waals surface area contributed by atoms with Gasteiger partial charge in [-0.2, -0.15) is 0 Å². The fraction of sp³-hybridized carbons (Fsp3) is 0.455. The first-order valence-corrected chi connectivity index (χ1v) is 6.91. The van der Waals surface area contributed by atoms with Crippen LogP contribution in [0.2, 0.25) is 0 Å². The van der Waals surface area contributed by atoms with Crippen molar-refractivity contribution in [3.63, 3.8) is 0 Å². The van der Waals surface area contributed by atoms with Gasteiger partial charge in [-0.05, 0) is 25.2 Å². The zero-order valence-corrected chi connectivity index (χ0v) is 11.2. The summed E-state index contributed by atoms with van der Waals surface area (Å²) < 4.78 is 1.17. The maximum Gasteiger partial charge on any atom is 0.0516 e. The number of rotatable bonds is 3. The summed E-state index contributed by atoms with van der Waals surface area (Å²) in [6.45, 7) is 3.27. The van der Waals surface area contributed by atoms with Crippen LogP contribution in [0.3, 0.4) is 0 Å². The predicted octanol–water partition coefficient (Wildman–Crippen LogP) is 2.58. The molecule has 4 heteroatoms. The van der Waals surface area contributed by atoms with E-state index < -0.39 is 0 Å². The number of thioether (sulfide) groups is 1. The fourth-order valence-electron chi connectivity index (χ4n) is 1.72. The van der Waals surface area contributed by atoms with Gasteiger partial charge in [-0.1, -0.05) is 15.9 Å². The van der Waals surface area contributed by atoms with Crippen LogP contribution in [0.5, 0.6) is 0 Å². The van der Waals surface area contributed by atoms with Crippen LogP contribution in [-0.2, 0) is 0 Å². The summed E-state index contributed by atoms with van der Waals surface area (Å²) in [6, 6.07) is 6.54. The highest BCUT2D eigenvalue weighted by Gasteiger charge is 2.16. The molecule has 1 heterocycles. The molecule has 0 saturated heterocycles. The predicted molar refractivity (Wildman–Crippen MR) is 71.0 cm³/mol. The van der Waals surface area contributed by atoms with Crippen molar-refractivity contribution in [1.29, 1.82) is 0 Å². The first kappa shape index (κ1) is 11.3. The lowest BCUT2D eigenvalue weighted by atomic mass is 10.2. The van der Waals surface area contributed by atoms with Gasteiger partial charge in [-0.15, -0.1) is 11.8 Å². The molecule has 0 saturated carbocycles. The summed E-state index contributed by atoms with van der Waals surface area (Å²) in [4.78, 5) is 3.85. The largest absolute Gasteiger partial charge is 0.368 e. The minimum atomic E-state index is 1.04.